The first kappa shape index (κ1) is 40.7. The van der Waals surface area contributed by atoms with Gasteiger partial charge in [0.05, 0.1) is 50.3 Å². The van der Waals surface area contributed by atoms with Crippen LogP contribution in [0.2, 0.25) is 20.1 Å². The van der Waals surface area contributed by atoms with E-state index in [1.165, 1.54) is 5.01 Å². The number of carbonyl (C=O) groups excluding carboxylic acids is 1. The van der Waals surface area contributed by atoms with Crippen LogP contribution in [0.1, 0.15) is 45.8 Å². The second-order valence-corrected chi connectivity index (χ2v) is 14.9. The summed E-state index contributed by atoms with van der Waals surface area (Å²) in [6.07, 6.45) is 4.95. The molecule has 6 rings (SSSR count). The second-order valence-electron chi connectivity index (χ2n) is 12.9. The molecule has 1 heterocycles. The minimum absolute atomic E-state index is 0.0829. The van der Waals surface area contributed by atoms with Crippen LogP contribution in [0.4, 0.5) is 5.69 Å². The van der Waals surface area contributed by atoms with E-state index in [4.69, 9.17) is 63.4 Å². The SMILES string of the molecule is N#Cc1ccc(Cn2cncc2C(Cc2cccc(Cl)c2Cl)C(=O)N(NCCCc2ccc(OCc3ccccc3)cc2)C(=S)Nc2ccc(Cl)cc2Cl)cc1. The van der Waals surface area contributed by atoms with Gasteiger partial charge in [-0.05, 0) is 102 Å². The van der Waals surface area contributed by atoms with Crippen molar-refractivity contribution in [3.63, 3.8) is 0 Å². The maximum atomic E-state index is 15.0. The number of nitrogens with one attached hydrogen (secondary N) is 2. The van der Waals surface area contributed by atoms with E-state index in [9.17, 15) is 10.1 Å². The fraction of sp³-hybridized carbons (Fsp3) is 0.163. The van der Waals surface area contributed by atoms with Crippen molar-refractivity contribution in [1.82, 2.24) is 20.0 Å². The molecule has 6 aromatic rings. The molecule has 0 aliphatic rings. The van der Waals surface area contributed by atoms with E-state index in [0.29, 0.717) is 68.7 Å². The van der Waals surface area contributed by atoms with Crippen LogP contribution in [0, 0.1) is 11.3 Å². The van der Waals surface area contributed by atoms with Crippen molar-refractivity contribution in [2.75, 3.05) is 11.9 Å². The maximum Gasteiger partial charge on any atom is 0.252 e. The molecule has 0 saturated carbocycles. The highest BCUT2D eigenvalue weighted by molar-refractivity contribution is 7.80. The van der Waals surface area contributed by atoms with Gasteiger partial charge in [0, 0.05) is 24.3 Å². The van der Waals surface area contributed by atoms with Crippen molar-refractivity contribution in [3.8, 4) is 11.8 Å². The number of nitrogens with zero attached hydrogens (tertiary/aromatic N) is 4. The van der Waals surface area contributed by atoms with Crippen LogP contribution in [0.15, 0.2) is 128 Å². The first-order chi connectivity index (χ1) is 27.2. The van der Waals surface area contributed by atoms with Crippen molar-refractivity contribution >= 4 is 75.3 Å². The van der Waals surface area contributed by atoms with Gasteiger partial charge < -0.3 is 14.6 Å². The number of benzene rings is 5. The van der Waals surface area contributed by atoms with E-state index in [1.807, 2.05) is 77.4 Å². The minimum Gasteiger partial charge on any atom is -0.489 e. The highest BCUT2D eigenvalue weighted by Gasteiger charge is 2.32. The molecule has 8 nitrogen and oxygen atoms in total. The zero-order valence-corrected chi connectivity index (χ0v) is 33.8. The Balaban J connectivity index is 1.23. The zero-order chi connectivity index (χ0) is 39.4. The number of ether oxygens (including phenoxy) is 1. The molecule has 13 heteroatoms. The summed E-state index contributed by atoms with van der Waals surface area (Å²) >= 11 is 31.7. The number of hydrogen-bond donors (Lipinski definition) is 2. The molecular formula is C43H36Cl4N6O2S. The van der Waals surface area contributed by atoms with Gasteiger partial charge in [-0.1, -0.05) is 113 Å². The van der Waals surface area contributed by atoms with Crippen LogP contribution < -0.4 is 15.5 Å². The van der Waals surface area contributed by atoms with Crippen molar-refractivity contribution < 1.29 is 9.53 Å². The Morgan fingerprint density at radius 3 is 2.36 bits per heavy atom. The third-order valence-electron chi connectivity index (χ3n) is 8.97. The lowest BCUT2D eigenvalue weighted by atomic mass is 9.95. The van der Waals surface area contributed by atoms with Crippen molar-refractivity contribution in [2.24, 2.45) is 0 Å². The van der Waals surface area contributed by atoms with Gasteiger partial charge in [0.25, 0.3) is 5.91 Å². The number of aromatic nitrogens is 2. The molecule has 56 heavy (non-hydrogen) atoms. The second kappa shape index (κ2) is 19.8. The first-order valence-corrected chi connectivity index (χ1v) is 19.6. The molecule has 284 valence electrons. The lowest BCUT2D eigenvalue weighted by Crippen LogP contribution is -2.51. The molecule has 0 aliphatic heterocycles. The average molecular weight is 843 g/mol. The number of hydrogen-bond acceptors (Lipinski definition) is 6. The van der Waals surface area contributed by atoms with Gasteiger partial charge in [0.1, 0.15) is 12.4 Å². The summed E-state index contributed by atoms with van der Waals surface area (Å²) in [5, 5.41) is 15.4. The first-order valence-electron chi connectivity index (χ1n) is 17.7. The Morgan fingerprint density at radius 2 is 1.62 bits per heavy atom. The number of imidazole rings is 1. The molecule has 1 amide bonds. The Bertz CT molecular complexity index is 2310. The summed E-state index contributed by atoms with van der Waals surface area (Å²) in [4.78, 5) is 19.4. The number of anilines is 1. The van der Waals surface area contributed by atoms with Gasteiger partial charge in [0.2, 0.25) is 0 Å². The van der Waals surface area contributed by atoms with E-state index in [-0.39, 0.29) is 17.4 Å². The van der Waals surface area contributed by atoms with E-state index >= 15 is 0 Å². The van der Waals surface area contributed by atoms with Crippen molar-refractivity contribution in [2.45, 2.75) is 38.3 Å². The summed E-state index contributed by atoms with van der Waals surface area (Å²) < 4.78 is 7.86. The number of carbonyl (C=O) groups is 1. The Labute approximate surface area is 351 Å². The summed E-state index contributed by atoms with van der Waals surface area (Å²) in [5.74, 6) is -0.387. The van der Waals surface area contributed by atoms with E-state index in [2.05, 4.69) is 21.8 Å². The molecule has 0 fully saturated rings. The molecule has 1 atom stereocenters. The van der Waals surface area contributed by atoms with Crippen LogP contribution in [0.3, 0.4) is 0 Å². The fourth-order valence-corrected chi connectivity index (χ4v) is 7.14. The number of amides is 1. The largest absolute Gasteiger partial charge is 0.489 e. The molecule has 0 aliphatic carbocycles. The lowest BCUT2D eigenvalue weighted by molar-refractivity contribution is -0.131. The molecule has 0 radical (unpaired) electrons. The van der Waals surface area contributed by atoms with E-state index in [1.54, 1.807) is 55.0 Å². The molecule has 1 unspecified atom stereocenters. The van der Waals surface area contributed by atoms with Gasteiger partial charge in [-0.15, -0.1) is 0 Å². The monoisotopic (exact) mass is 840 g/mol. The highest BCUT2D eigenvalue weighted by Crippen LogP contribution is 2.32. The normalized spacial score (nSPS) is 11.4. The number of halogens is 4. The lowest BCUT2D eigenvalue weighted by Gasteiger charge is -2.29. The molecule has 1 aromatic heterocycles. The highest BCUT2D eigenvalue weighted by atomic mass is 35.5. The van der Waals surface area contributed by atoms with Crippen LogP contribution in [-0.2, 0) is 30.8 Å². The smallest absolute Gasteiger partial charge is 0.252 e. The van der Waals surface area contributed by atoms with Crippen molar-refractivity contribution in [3.05, 3.63) is 181 Å². The van der Waals surface area contributed by atoms with Gasteiger partial charge in [0.15, 0.2) is 5.11 Å². The predicted octanol–water partition coefficient (Wildman–Crippen LogP) is 10.7. The zero-order valence-electron chi connectivity index (χ0n) is 30.0. The van der Waals surface area contributed by atoms with Crippen LogP contribution in [0.5, 0.6) is 5.75 Å². The average Bonchev–Trinajstić information content (AvgIpc) is 3.67. The van der Waals surface area contributed by atoms with Gasteiger partial charge in [-0.3, -0.25) is 4.79 Å². The Morgan fingerprint density at radius 1 is 0.875 bits per heavy atom. The molecule has 5 aromatic carbocycles. The summed E-state index contributed by atoms with van der Waals surface area (Å²) in [6, 6.07) is 37.7. The number of nitriles is 1. The number of hydrazine groups is 1. The molecule has 0 spiro atoms. The van der Waals surface area contributed by atoms with Crippen LogP contribution in [0.25, 0.3) is 0 Å². The van der Waals surface area contributed by atoms with Crippen molar-refractivity contribution in [1.29, 1.82) is 5.26 Å². The van der Waals surface area contributed by atoms with Crippen LogP contribution >= 0.6 is 58.6 Å². The number of rotatable bonds is 15. The third kappa shape index (κ3) is 10.9. The molecule has 0 saturated heterocycles. The number of aryl methyl sites for hydroxylation is 1. The minimum atomic E-state index is -0.816. The summed E-state index contributed by atoms with van der Waals surface area (Å²) in [7, 11) is 0. The van der Waals surface area contributed by atoms with Gasteiger partial charge in [-0.2, -0.15) is 5.26 Å². The summed E-state index contributed by atoms with van der Waals surface area (Å²) in [6.45, 7) is 1.30. The molecule has 0 bridgehead atoms. The standard InChI is InChI=1S/C43H36Cl4N6O2S/c44-34-17-20-39(38(46)23-34)51-43(56)53(50-21-5-8-29-15-18-35(19-16-29)55-27-32-6-2-1-3-7-32)42(54)36(22-33-9-4-10-37(45)41(33)47)40-25-49-28-52(40)26-31-13-11-30(24-48)12-14-31/h1-4,6-7,9-20,23,25,28,36,50H,5,8,21-22,26-27H2,(H,51,56). The quantitative estimate of drug-likeness (QED) is 0.0604. The van der Waals surface area contributed by atoms with Crippen LogP contribution in [-0.4, -0.2) is 32.1 Å². The van der Waals surface area contributed by atoms with E-state index in [0.717, 1.165) is 28.9 Å². The third-order valence-corrected chi connectivity index (χ3v) is 10.7. The molecule has 2 N–H and O–H groups in total. The topological polar surface area (TPSA) is 95.2 Å². The van der Waals surface area contributed by atoms with Gasteiger partial charge in [-0.25, -0.2) is 15.4 Å². The van der Waals surface area contributed by atoms with Gasteiger partial charge >= 0.3 is 0 Å². The maximum absolute atomic E-state index is 15.0. The predicted molar refractivity (Wildman–Crippen MR) is 228 cm³/mol. The summed E-state index contributed by atoms with van der Waals surface area (Å²) in [5.41, 5.74) is 8.78. The number of thiocarbonyl (C=S) groups is 1. The molecular weight excluding hydrogens is 806 g/mol. The Hall–Kier alpha value is -4.92. The van der Waals surface area contributed by atoms with E-state index < -0.39 is 5.92 Å². The fourth-order valence-electron chi connectivity index (χ4n) is 6.02. The Kier molecular flexibility index (Phi) is 14.4.